The van der Waals surface area contributed by atoms with E-state index in [1.807, 2.05) is 13.8 Å². The summed E-state index contributed by atoms with van der Waals surface area (Å²) in [7, 11) is 0. The van der Waals surface area contributed by atoms with Crippen molar-refractivity contribution < 1.29 is 4.39 Å². The van der Waals surface area contributed by atoms with E-state index in [-0.39, 0.29) is 11.2 Å². The van der Waals surface area contributed by atoms with Crippen LogP contribution in [0.4, 0.5) is 4.39 Å². The molecule has 1 rings (SSSR count). The molecule has 0 nitrogen and oxygen atoms in total. The maximum absolute atomic E-state index is 13.7. The van der Waals surface area contributed by atoms with Crippen molar-refractivity contribution in [2.24, 2.45) is 0 Å². The quantitative estimate of drug-likeness (QED) is 0.508. The minimum atomic E-state index is -0.211. The molecule has 0 bridgehead atoms. The Morgan fingerprint density at radius 1 is 1.40 bits per heavy atom. The van der Waals surface area contributed by atoms with Gasteiger partial charge in [0.2, 0.25) is 0 Å². The maximum atomic E-state index is 13.7. The van der Waals surface area contributed by atoms with Gasteiger partial charge in [0.1, 0.15) is 5.82 Å². The molecule has 15 heavy (non-hydrogen) atoms. The van der Waals surface area contributed by atoms with Crippen LogP contribution in [0.5, 0.6) is 0 Å². The molecule has 0 spiro atoms. The van der Waals surface area contributed by atoms with E-state index in [0.717, 1.165) is 11.8 Å². The standard InChI is InChI=1S/C11H12Br2ClF/c1-11(2,3-4-12)7-5-9(14)8(13)6-10(7)15/h5-6H,3-4H2,1-2H3. The van der Waals surface area contributed by atoms with Crippen LogP contribution in [-0.4, -0.2) is 5.33 Å². The summed E-state index contributed by atoms with van der Waals surface area (Å²) in [5, 5.41) is 1.39. The molecule has 0 aromatic heterocycles. The van der Waals surface area contributed by atoms with Crippen molar-refractivity contribution in [3.05, 3.63) is 33.0 Å². The van der Waals surface area contributed by atoms with E-state index >= 15 is 0 Å². The van der Waals surface area contributed by atoms with E-state index in [1.54, 1.807) is 6.07 Å². The average molecular weight is 358 g/mol. The van der Waals surface area contributed by atoms with Gasteiger partial charge in [-0.1, -0.05) is 41.4 Å². The van der Waals surface area contributed by atoms with Gasteiger partial charge in [0.15, 0.2) is 0 Å². The Morgan fingerprint density at radius 3 is 2.53 bits per heavy atom. The first kappa shape index (κ1) is 13.5. The van der Waals surface area contributed by atoms with E-state index in [9.17, 15) is 4.39 Å². The fourth-order valence-corrected chi connectivity index (χ4v) is 2.88. The fraction of sp³-hybridized carbons (Fsp3) is 0.455. The van der Waals surface area contributed by atoms with Crippen molar-refractivity contribution in [2.45, 2.75) is 25.7 Å². The van der Waals surface area contributed by atoms with E-state index in [0.29, 0.717) is 15.1 Å². The first-order chi connectivity index (χ1) is 6.88. The third-order valence-corrected chi connectivity index (χ3v) is 4.05. The normalized spacial score (nSPS) is 11.9. The van der Waals surface area contributed by atoms with Crippen LogP contribution in [0.15, 0.2) is 16.6 Å². The number of alkyl halides is 1. The second-order valence-corrected chi connectivity index (χ2v) is 6.12. The van der Waals surface area contributed by atoms with Crippen molar-refractivity contribution in [1.29, 1.82) is 0 Å². The van der Waals surface area contributed by atoms with Crippen LogP contribution in [0.2, 0.25) is 5.02 Å². The SMILES string of the molecule is CC(C)(CCBr)c1cc(Cl)c(Br)cc1F. The van der Waals surface area contributed by atoms with Crippen molar-refractivity contribution in [1.82, 2.24) is 0 Å². The van der Waals surface area contributed by atoms with Gasteiger partial charge in [-0.25, -0.2) is 4.39 Å². The van der Waals surface area contributed by atoms with Gasteiger partial charge in [-0.3, -0.25) is 0 Å². The predicted molar refractivity (Wildman–Crippen MR) is 70.5 cm³/mol. The minimum Gasteiger partial charge on any atom is -0.207 e. The van der Waals surface area contributed by atoms with Crippen LogP contribution in [-0.2, 0) is 5.41 Å². The molecule has 0 aliphatic carbocycles. The lowest BCUT2D eigenvalue weighted by Gasteiger charge is -2.25. The summed E-state index contributed by atoms with van der Waals surface area (Å²) in [6.45, 7) is 4.02. The molecule has 0 fully saturated rings. The zero-order chi connectivity index (χ0) is 11.6. The van der Waals surface area contributed by atoms with Crippen molar-refractivity contribution in [3.63, 3.8) is 0 Å². The Balaban J connectivity index is 3.19. The fourth-order valence-electron chi connectivity index (χ4n) is 1.41. The lowest BCUT2D eigenvalue weighted by Crippen LogP contribution is -2.19. The number of benzene rings is 1. The molecule has 0 atom stereocenters. The van der Waals surface area contributed by atoms with Crippen molar-refractivity contribution in [3.8, 4) is 0 Å². The topological polar surface area (TPSA) is 0 Å². The summed E-state index contributed by atoms with van der Waals surface area (Å²) in [4.78, 5) is 0. The summed E-state index contributed by atoms with van der Waals surface area (Å²) in [5.41, 5.74) is 0.452. The lowest BCUT2D eigenvalue weighted by molar-refractivity contribution is 0.473. The molecule has 0 unspecified atom stereocenters. The van der Waals surface area contributed by atoms with Crippen LogP contribution in [0.1, 0.15) is 25.8 Å². The molecule has 0 saturated heterocycles. The Bertz CT molecular complexity index is 364. The minimum absolute atomic E-state index is 0.210. The van der Waals surface area contributed by atoms with Crippen molar-refractivity contribution >= 4 is 43.5 Å². The van der Waals surface area contributed by atoms with E-state index in [1.165, 1.54) is 6.07 Å². The first-order valence-electron chi connectivity index (χ1n) is 4.59. The van der Waals surface area contributed by atoms with Gasteiger partial charge in [0.25, 0.3) is 0 Å². The zero-order valence-electron chi connectivity index (χ0n) is 8.58. The second-order valence-electron chi connectivity index (χ2n) is 4.07. The van der Waals surface area contributed by atoms with Gasteiger partial charge in [-0.05, 0) is 45.5 Å². The summed E-state index contributed by atoms with van der Waals surface area (Å²) in [5.74, 6) is -0.211. The van der Waals surface area contributed by atoms with Crippen LogP contribution in [0.25, 0.3) is 0 Å². The molecule has 0 aliphatic rings. The monoisotopic (exact) mass is 356 g/mol. The summed E-state index contributed by atoms with van der Waals surface area (Å²) < 4.78 is 14.3. The number of hydrogen-bond acceptors (Lipinski definition) is 0. The molecule has 1 aromatic rings. The number of rotatable bonds is 3. The molecular weight excluding hydrogens is 346 g/mol. The van der Waals surface area contributed by atoms with Crippen LogP contribution >= 0.6 is 43.5 Å². The van der Waals surface area contributed by atoms with Crippen molar-refractivity contribution in [2.75, 3.05) is 5.33 Å². The van der Waals surface area contributed by atoms with Gasteiger partial charge < -0.3 is 0 Å². The molecular formula is C11H12Br2ClF. The van der Waals surface area contributed by atoms with E-state index < -0.39 is 0 Å². The highest BCUT2D eigenvalue weighted by Crippen LogP contribution is 2.34. The van der Waals surface area contributed by atoms with E-state index in [2.05, 4.69) is 31.9 Å². The third-order valence-electron chi connectivity index (χ3n) is 2.46. The van der Waals surface area contributed by atoms with Crippen LogP contribution < -0.4 is 0 Å². The molecule has 4 heteroatoms. The second kappa shape index (κ2) is 5.15. The average Bonchev–Trinajstić information content (AvgIpc) is 2.11. The Hall–Kier alpha value is 0.400. The first-order valence-corrected chi connectivity index (χ1v) is 6.88. The highest BCUT2D eigenvalue weighted by Gasteiger charge is 2.24. The Kier molecular flexibility index (Phi) is 4.63. The lowest BCUT2D eigenvalue weighted by atomic mass is 9.82. The highest BCUT2D eigenvalue weighted by molar-refractivity contribution is 9.10. The molecule has 84 valence electrons. The Morgan fingerprint density at radius 2 is 2.00 bits per heavy atom. The number of halogens is 4. The van der Waals surface area contributed by atoms with Gasteiger partial charge in [0, 0.05) is 9.80 Å². The maximum Gasteiger partial charge on any atom is 0.128 e. The van der Waals surface area contributed by atoms with Gasteiger partial charge >= 0.3 is 0 Å². The predicted octanol–water partition coefficient (Wildman–Crippen LogP) is 5.30. The largest absolute Gasteiger partial charge is 0.207 e. The number of hydrogen-bond donors (Lipinski definition) is 0. The smallest absolute Gasteiger partial charge is 0.128 e. The summed E-state index contributed by atoms with van der Waals surface area (Å²) in [6.07, 6.45) is 0.863. The Labute approximate surface area is 111 Å². The molecule has 0 N–H and O–H groups in total. The van der Waals surface area contributed by atoms with E-state index in [4.69, 9.17) is 11.6 Å². The zero-order valence-corrected chi connectivity index (χ0v) is 12.5. The van der Waals surface area contributed by atoms with Crippen LogP contribution in [0.3, 0.4) is 0 Å². The van der Waals surface area contributed by atoms with Gasteiger partial charge in [-0.15, -0.1) is 0 Å². The van der Waals surface area contributed by atoms with Crippen LogP contribution in [0, 0.1) is 5.82 Å². The molecule has 0 heterocycles. The molecule has 0 amide bonds. The van der Waals surface area contributed by atoms with Gasteiger partial charge in [-0.2, -0.15) is 0 Å². The third kappa shape index (κ3) is 3.18. The highest BCUT2D eigenvalue weighted by atomic mass is 79.9. The molecule has 0 radical (unpaired) electrons. The summed E-state index contributed by atoms with van der Waals surface area (Å²) >= 11 is 12.5. The van der Waals surface area contributed by atoms with Gasteiger partial charge in [0.05, 0.1) is 5.02 Å². The molecule has 1 aromatic carbocycles. The molecule has 0 aliphatic heterocycles. The summed E-state index contributed by atoms with van der Waals surface area (Å²) in [6, 6.07) is 3.12. The molecule has 0 saturated carbocycles.